The number of hydrogen-bond donors (Lipinski definition) is 0. The van der Waals surface area contributed by atoms with E-state index >= 15 is 0 Å². The van der Waals surface area contributed by atoms with Crippen LogP contribution in [0.5, 0.6) is 0 Å². The zero-order valence-corrected chi connectivity index (χ0v) is 44.2. The number of hydrogen-bond acceptors (Lipinski definition) is 0. The second-order valence-corrected chi connectivity index (χ2v) is 22.1. The third-order valence-corrected chi connectivity index (χ3v) is 13.9. The van der Waals surface area contributed by atoms with Gasteiger partial charge < -0.3 is 0 Å². The van der Waals surface area contributed by atoms with Crippen LogP contribution in [0.2, 0.25) is 0 Å². The number of unbranched alkanes of at least 4 members (excludes halogenated alkanes) is 1. The summed E-state index contributed by atoms with van der Waals surface area (Å²) in [5, 5.41) is 0. The highest BCUT2D eigenvalue weighted by Crippen LogP contribution is 2.36. The molecule has 0 radical (unpaired) electrons. The summed E-state index contributed by atoms with van der Waals surface area (Å²) < 4.78 is 0. The average molecular weight is 794 g/mol. The highest BCUT2D eigenvalue weighted by atomic mass is 14.3. The summed E-state index contributed by atoms with van der Waals surface area (Å²) in [5.74, 6) is 13.4. The third-order valence-electron chi connectivity index (χ3n) is 13.9. The van der Waals surface area contributed by atoms with Crippen LogP contribution in [0.25, 0.3) is 0 Å². The minimum atomic E-state index is 0.852. The van der Waals surface area contributed by atoms with Crippen molar-refractivity contribution in [1.29, 1.82) is 0 Å². The molecule has 56 heavy (non-hydrogen) atoms. The average Bonchev–Trinajstić information content (AvgIpc) is 3.82. The van der Waals surface area contributed by atoms with Gasteiger partial charge in [0.1, 0.15) is 0 Å². The van der Waals surface area contributed by atoms with Gasteiger partial charge in [-0.05, 0) is 95.7 Å². The SMILES string of the molecule is CC(C)C(C)C.CC(C)C1CC1.CC(C)C1CCC1.CC(C)C1CCCC1.CC(C)C1CCCCC1.CCC(C)C.CCC(CC)C(C)C.CCCCC(C)C. The Balaban J connectivity index is -0.000000278. The predicted molar refractivity (Wildman–Crippen MR) is 266 cm³/mol. The first-order chi connectivity index (χ1) is 26.1. The molecule has 0 amide bonds. The van der Waals surface area contributed by atoms with E-state index in [4.69, 9.17) is 0 Å². The Morgan fingerprint density at radius 2 is 0.607 bits per heavy atom. The smallest absolute Gasteiger partial charge is 0.0391 e. The quantitative estimate of drug-likeness (QED) is 0.185. The van der Waals surface area contributed by atoms with E-state index < -0.39 is 0 Å². The highest BCUT2D eigenvalue weighted by Gasteiger charge is 2.24. The van der Waals surface area contributed by atoms with E-state index in [2.05, 4.69) is 152 Å². The van der Waals surface area contributed by atoms with Crippen LogP contribution in [0, 0.1) is 82.9 Å². The normalized spacial score (nSPS) is 17.1. The topological polar surface area (TPSA) is 0 Å². The van der Waals surface area contributed by atoms with Gasteiger partial charge in [-0.1, -0.05) is 268 Å². The van der Waals surface area contributed by atoms with E-state index in [0.29, 0.717) is 0 Å². The molecule has 4 rings (SSSR count). The summed E-state index contributed by atoms with van der Waals surface area (Å²) in [4.78, 5) is 0. The summed E-state index contributed by atoms with van der Waals surface area (Å²) in [7, 11) is 0. The van der Waals surface area contributed by atoms with Gasteiger partial charge >= 0.3 is 0 Å². The molecule has 0 spiro atoms. The molecule has 0 aromatic heterocycles. The van der Waals surface area contributed by atoms with E-state index in [1.165, 1.54) is 128 Å². The molecule has 0 N–H and O–H groups in total. The molecular weight excluding hydrogens is 673 g/mol. The van der Waals surface area contributed by atoms with Crippen LogP contribution in [0.4, 0.5) is 0 Å². The molecule has 0 aromatic carbocycles. The molecule has 344 valence electrons. The van der Waals surface area contributed by atoms with Crippen LogP contribution < -0.4 is 0 Å². The highest BCUT2D eigenvalue weighted by molar-refractivity contribution is 4.75. The Hall–Kier alpha value is 0. The lowest BCUT2D eigenvalue weighted by molar-refractivity contribution is 0.235. The van der Waals surface area contributed by atoms with Crippen molar-refractivity contribution in [2.24, 2.45) is 82.9 Å². The molecule has 4 aliphatic rings. The van der Waals surface area contributed by atoms with Crippen molar-refractivity contribution in [3.05, 3.63) is 0 Å². The third kappa shape index (κ3) is 45.1. The van der Waals surface area contributed by atoms with Crippen molar-refractivity contribution in [3.63, 3.8) is 0 Å². The second-order valence-electron chi connectivity index (χ2n) is 22.1. The molecule has 0 bridgehead atoms. The maximum absolute atomic E-state index is 2.36. The van der Waals surface area contributed by atoms with Gasteiger partial charge in [-0.15, -0.1) is 0 Å². The fourth-order valence-electron chi connectivity index (χ4n) is 7.14. The van der Waals surface area contributed by atoms with Crippen LogP contribution in [0.3, 0.4) is 0 Å². The fourth-order valence-corrected chi connectivity index (χ4v) is 7.14. The van der Waals surface area contributed by atoms with Gasteiger partial charge in [0.15, 0.2) is 0 Å². The maximum Gasteiger partial charge on any atom is -0.0391 e. The van der Waals surface area contributed by atoms with Gasteiger partial charge in [0.05, 0.1) is 0 Å². The van der Waals surface area contributed by atoms with Crippen LogP contribution in [-0.2, 0) is 0 Å². The first kappa shape index (κ1) is 62.6. The molecule has 0 aliphatic heterocycles. The summed E-state index contributed by atoms with van der Waals surface area (Å²) in [6.45, 7) is 50.2. The summed E-state index contributed by atoms with van der Waals surface area (Å²) >= 11 is 0. The van der Waals surface area contributed by atoms with Gasteiger partial charge in [0.25, 0.3) is 0 Å². The largest absolute Gasteiger partial charge is 0.0654 e. The summed E-state index contributed by atoms with van der Waals surface area (Å²) in [6.07, 6.45) is 29.0. The van der Waals surface area contributed by atoms with E-state index in [1.54, 1.807) is 0 Å². The van der Waals surface area contributed by atoms with E-state index in [1.807, 2.05) is 0 Å². The molecule has 0 saturated heterocycles. The summed E-state index contributed by atoms with van der Waals surface area (Å²) in [6, 6.07) is 0. The molecule has 0 heterocycles. The lowest BCUT2D eigenvalue weighted by Gasteiger charge is -2.28. The zero-order chi connectivity index (χ0) is 44.2. The molecule has 4 aliphatic carbocycles. The molecule has 0 aromatic rings. The van der Waals surface area contributed by atoms with Gasteiger partial charge in [0, 0.05) is 0 Å². The van der Waals surface area contributed by atoms with Gasteiger partial charge in [-0.2, -0.15) is 0 Å². The molecule has 0 unspecified atom stereocenters. The molecular formula is C56H120. The lowest BCUT2D eigenvalue weighted by atomic mass is 9.78. The molecule has 0 nitrogen and oxygen atoms in total. The molecule has 4 fully saturated rings. The van der Waals surface area contributed by atoms with Crippen molar-refractivity contribution in [2.45, 2.75) is 281 Å². The van der Waals surface area contributed by atoms with E-state index in [-0.39, 0.29) is 0 Å². The van der Waals surface area contributed by atoms with Crippen LogP contribution >= 0.6 is 0 Å². The first-order valence-electron chi connectivity index (χ1n) is 26.1. The van der Waals surface area contributed by atoms with Crippen LogP contribution in [0.15, 0.2) is 0 Å². The van der Waals surface area contributed by atoms with Crippen molar-refractivity contribution in [1.82, 2.24) is 0 Å². The minimum Gasteiger partial charge on any atom is -0.0654 e. The van der Waals surface area contributed by atoms with Crippen molar-refractivity contribution >= 4 is 0 Å². The van der Waals surface area contributed by atoms with Crippen molar-refractivity contribution in [2.75, 3.05) is 0 Å². The first-order valence-corrected chi connectivity index (χ1v) is 26.1. The zero-order valence-electron chi connectivity index (χ0n) is 44.2. The molecule has 0 heteroatoms. The maximum atomic E-state index is 2.36. The lowest BCUT2D eigenvalue weighted by Crippen LogP contribution is -2.16. The fraction of sp³-hybridized carbons (Fsp3) is 1.00. The summed E-state index contributed by atoms with van der Waals surface area (Å²) in [5.41, 5.74) is 0. The monoisotopic (exact) mass is 793 g/mol. The number of rotatable bonds is 12. The van der Waals surface area contributed by atoms with E-state index in [0.717, 1.165) is 82.9 Å². The predicted octanol–water partition coefficient (Wildman–Crippen LogP) is 20.8. The standard InChI is InChI=1S/C9H18.C8H16.C8H18.C7H14.C7H16.C6H12.C6H14.C5H12/c1-8(2)9-6-4-3-5-7-9;1-7(2)8-5-3-4-6-8;1-5-8(6-2)7(3)4;1-6(2)7-4-3-5-7;1-4-5-6-7(2)3;1-5(2)6-3-4-6;1-5(2)6(3)4;1-4-5(2)3/h8-9H,3-7H2,1-2H3;7-8H,3-6H2,1-2H3;7-8H,5-6H2,1-4H3;6-7H,3-5H2,1-2H3;7H,4-6H2,1-3H3;5-6H,3-4H2,1-2H3;5-6H,1-4H3;5H,4H2,1-3H3. The van der Waals surface area contributed by atoms with Crippen molar-refractivity contribution in [3.8, 4) is 0 Å². The Kier molecular flexibility index (Phi) is 46.7. The van der Waals surface area contributed by atoms with Crippen LogP contribution in [-0.4, -0.2) is 0 Å². The van der Waals surface area contributed by atoms with Gasteiger partial charge in [0.2, 0.25) is 0 Å². The van der Waals surface area contributed by atoms with Crippen molar-refractivity contribution < 1.29 is 0 Å². The Morgan fingerprint density at radius 3 is 0.696 bits per heavy atom. The minimum absolute atomic E-state index is 0.852. The van der Waals surface area contributed by atoms with Gasteiger partial charge in [-0.25, -0.2) is 0 Å². The Bertz CT molecular complexity index is 676. The van der Waals surface area contributed by atoms with E-state index in [9.17, 15) is 0 Å². The Morgan fingerprint density at radius 1 is 0.321 bits per heavy atom. The molecule has 4 saturated carbocycles. The van der Waals surface area contributed by atoms with Gasteiger partial charge in [-0.3, -0.25) is 0 Å². The second kappa shape index (κ2) is 41.7. The Labute approximate surface area is 362 Å². The van der Waals surface area contributed by atoms with Crippen LogP contribution in [0.1, 0.15) is 281 Å². The molecule has 0 atom stereocenters.